The Morgan fingerprint density at radius 2 is 2.00 bits per heavy atom. The Kier molecular flexibility index (Phi) is 5.78. The van der Waals surface area contributed by atoms with Gasteiger partial charge in [0.1, 0.15) is 0 Å². The van der Waals surface area contributed by atoms with Gasteiger partial charge in [-0.2, -0.15) is 0 Å². The predicted molar refractivity (Wildman–Crippen MR) is 119 cm³/mol. The van der Waals surface area contributed by atoms with E-state index in [2.05, 4.69) is 25.2 Å². The van der Waals surface area contributed by atoms with E-state index in [9.17, 15) is 4.79 Å². The second-order valence-electron chi connectivity index (χ2n) is 7.19. The van der Waals surface area contributed by atoms with Crippen LogP contribution in [0.25, 0.3) is 11.4 Å². The maximum absolute atomic E-state index is 13.0. The van der Waals surface area contributed by atoms with Crippen LogP contribution in [0, 0.1) is 0 Å². The van der Waals surface area contributed by atoms with Gasteiger partial charge in [0.25, 0.3) is 5.91 Å². The van der Waals surface area contributed by atoms with Crippen LogP contribution in [-0.4, -0.2) is 40.0 Å². The molecule has 1 fully saturated rings. The third-order valence-corrected chi connectivity index (χ3v) is 5.20. The number of aromatic nitrogens is 3. The molecule has 4 heterocycles. The van der Waals surface area contributed by atoms with Crippen molar-refractivity contribution in [2.24, 2.45) is 5.73 Å². The van der Waals surface area contributed by atoms with Gasteiger partial charge in [0.15, 0.2) is 5.69 Å². The van der Waals surface area contributed by atoms with Crippen LogP contribution in [0.3, 0.4) is 0 Å². The Morgan fingerprint density at radius 1 is 1.17 bits per heavy atom. The third-order valence-electron chi connectivity index (χ3n) is 4.98. The molecule has 154 valence electrons. The molecule has 30 heavy (non-hydrogen) atoms. The fraction of sp³-hybridized carbons (Fsp3) is 0.238. The number of nitrogen functional groups attached to an aromatic ring is 1. The van der Waals surface area contributed by atoms with E-state index in [4.69, 9.17) is 23.1 Å². The molecule has 3 aromatic rings. The zero-order chi connectivity index (χ0) is 21.1. The fourth-order valence-corrected chi connectivity index (χ4v) is 3.60. The average molecular weight is 424 g/mol. The van der Waals surface area contributed by atoms with Gasteiger partial charge in [-0.1, -0.05) is 11.6 Å². The van der Waals surface area contributed by atoms with Gasteiger partial charge >= 0.3 is 0 Å². The predicted octanol–water partition coefficient (Wildman–Crippen LogP) is 2.95. The van der Waals surface area contributed by atoms with Gasteiger partial charge in [-0.05, 0) is 43.2 Å². The van der Waals surface area contributed by atoms with E-state index in [1.165, 1.54) is 6.20 Å². The molecule has 1 atom stereocenters. The van der Waals surface area contributed by atoms with E-state index in [-0.39, 0.29) is 17.4 Å². The van der Waals surface area contributed by atoms with Crippen molar-refractivity contribution in [3.05, 3.63) is 59.6 Å². The number of carbonyl (C=O) groups excluding carboxylic acids is 1. The normalized spacial score (nSPS) is 16.3. The molecule has 0 radical (unpaired) electrons. The monoisotopic (exact) mass is 423 g/mol. The molecule has 1 aliphatic rings. The molecule has 4 rings (SSSR count). The number of halogens is 1. The zero-order valence-electron chi connectivity index (χ0n) is 16.3. The smallest absolute Gasteiger partial charge is 0.276 e. The molecule has 1 aliphatic heterocycles. The SMILES string of the molecule is Nc1ccc(-c2ccc(Cl)cn2)nc1C(=O)Nc1cnccc1N1CCCC(N)C1. The van der Waals surface area contributed by atoms with Gasteiger partial charge in [0, 0.05) is 31.5 Å². The van der Waals surface area contributed by atoms with Gasteiger partial charge in [-0.3, -0.25) is 14.8 Å². The van der Waals surface area contributed by atoms with E-state index >= 15 is 0 Å². The van der Waals surface area contributed by atoms with Crippen LogP contribution in [0.5, 0.6) is 0 Å². The maximum Gasteiger partial charge on any atom is 0.276 e. The summed E-state index contributed by atoms with van der Waals surface area (Å²) in [4.78, 5) is 28.0. The van der Waals surface area contributed by atoms with E-state index in [0.29, 0.717) is 22.1 Å². The summed E-state index contributed by atoms with van der Waals surface area (Å²) in [5.74, 6) is -0.418. The number of carbonyl (C=O) groups is 1. The highest BCUT2D eigenvalue weighted by Crippen LogP contribution is 2.28. The summed E-state index contributed by atoms with van der Waals surface area (Å²) in [5, 5.41) is 3.42. The largest absolute Gasteiger partial charge is 0.397 e. The van der Waals surface area contributed by atoms with Crippen molar-refractivity contribution >= 4 is 34.6 Å². The van der Waals surface area contributed by atoms with Crippen LogP contribution in [0.15, 0.2) is 48.9 Å². The average Bonchev–Trinajstić information content (AvgIpc) is 2.75. The highest BCUT2D eigenvalue weighted by atomic mass is 35.5. The fourth-order valence-electron chi connectivity index (χ4n) is 3.49. The summed E-state index contributed by atoms with van der Waals surface area (Å²) in [6.45, 7) is 1.60. The lowest BCUT2D eigenvalue weighted by Crippen LogP contribution is -2.43. The van der Waals surface area contributed by atoms with Crippen molar-refractivity contribution in [3.8, 4) is 11.4 Å². The number of nitrogens with one attached hydrogen (secondary N) is 1. The molecular weight excluding hydrogens is 402 g/mol. The number of hydrogen-bond acceptors (Lipinski definition) is 7. The van der Waals surface area contributed by atoms with Crippen molar-refractivity contribution in [2.75, 3.05) is 29.0 Å². The quantitative estimate of drug-likeness (QED) is 0.589. The molecule has 8 nitrogen and oxygen atoms in total. The van der Waals surface area contributed by atoms with E-state index in [0.717, 1.165) is 31.6 Å². The molecule has 1 unspecified atom stereocenters. The van der Waals surface area contributed by atoms with Gasteiger partial charge in [0.2, 0.25) is 0 Å². The molecule has 1 saturated heterocycles. The van der Waals surface area contributed by atoms with Crippen molar-refractivity contribution in [3.63, 3.8) is 0 Å². The van der Waals surface area contributed by atoms with Crippen molar-refractivity contribution in [1.29, 1.82) is 0 Å². The molecular formula is C21H22ClN7O. The van der Waals surface area contributed by atoms with Gasteiger partial charge in [0.05, 0.1) is 39.7 Å². The summed E-state index contributed by atoms with van der Waals surface area (Å²) < 4.78 is 0. The number of amides is 1. The number of anilines is 3. The van der Waals surface area contributed by atoms with E-state index < -0.39 is 5.91 Å². The van der Waals surface area contributed by atoms with Crippen molar-refractivity contribution in [2.45, 2.75) is 18.9 Å². The Hall–Kier alpha value is -3.23. The number of piperidine rings is 1. The number of nitrogens with two attached hydrogens (primary N) is 2. The lowest BCUT2D eigenvalue weighted by Gasteiger charge is -2.33. The Labute approximate surface area is 179 Å². The minimum Gasteiger partial charge on any atom is -0.397 e. The second kappa shape index (κ2) is 8.64. The van der Waals surface area contributed by atoms with E-state index in [1.54, 1.807) is 36.7 Å². The number of nitrogens with zero attached hydrogens (tertiary/aromatic N) is 4. The summed E-state index contributed by atoms with van der Waals surface area (Å²) in [7, 11) is 0. The molecule has 0 aromatic carbocycles. The summed E-state index contributed by atoms with van der Waals surface area (Å²) in [5.41, 5.74) is 15.1. The summed E-state index contributed by atoms with van der Waals surface area (Å²) in [6.07, 6.45) is 6.84. The molecule has 0 saturated carbocycles. The first kappa shape index (κ1) is 20.1. The van der Waals surface area contributed by atoms with Crippen LogP contribution in [-0.2, 0) is 0 Å². The molecule has 9 heteroatoms. The lowest BCUT2D eigenvalue weighted by atomic mass is 10.1. The maximum atomic E-state index is 13.0. The Balaban J connectivity index is 1.60. The standard InChI is InChI=1S/C21H22ClN7O/c22-13-3-5-16(26-10-13)17-6-4-15(24)20(27-17)21(30)28-18-11-25-8-7-19(18)29-9-1-2-14(23)12-29/h3-8,10-11,14H,1-2,9,12,23-24H2,(H,28,30). The van der Waals surface area contributed by atoms with Gasteiger partial charge in [-0.25, -0.2) is 4.98 Å². The molecule has 3 aromatic heterocycles. The minimum atomic E-state index is -0.418. The lowest BCUT2D eigenvalue weighted by molar-refractivity contribution is 0.102. The van der Waals surface area contributed by atoms with Crippen LogP contribution in [0.2, 0.25) is 5.02 Å². The molecule has 5 N–H and O–H groups in total. The Morgan fingerprint density at radius 3 is 2.77 bits per heavy atom. The third kappa shape index (κ3) is 4.34. The molecule has 1 amide bonds. The number of rotatable bonds is 4. The second-order valence-corrected chi connectivity index (χ2v) is 7.63. The van der Waals surface area contributed by atoms with Crippen LogP contribution >= 0.6 is 11.6 Å². The van der Waals surface area contributed by atoms with Crippen molar-refractivity contribution in [1.82, 2.24) is 15.0 Å². The van der Waals surface area contributed by atoms with Gasteiger partial charge in [-0.15, -0.1) is 0 Å². The highest BCUT2D eigenvalue weighted by Gasteiger charge is 2.21. The topological polar surface area (TPSA) is 123 Å². The molecule has 0 aliphatic carbocycles. The van der Waals surface area contributed by atoms with Gasteiger partial charge < -0.3 is 21.7 Å². The molecule has 0 spiro atoms. The summed E-state index contributed by atoms with van der Waals surface area (Å²) in [6, 6.07) is 8.79. The number of hydrogen-bond donors (Lipinski definition) is 3. The molecule has 0 bridgehead atoms. The van der Waals surface area contributed by atoms with Crippen LogP contribution < -0.4 is 21.7 Å². The first-order chi connectivity index (χ1) is 14.5. The highest BCUT2D eigenvalue weighted by molar-refractivity contribution is 6.30. The van der Waals surface area contributed by atoms with Crippen molar-refractivity contribution < 1.29 is 4.79 Å². The zero-order valence-corrected chi connectivity index (χ0v) is 17.0. The number of pyridine rings is 3. The summed E-state index contributed by atoms with van der Waals surface area (Å²) >= 11 is 5.90. The first-order valence-corrected chi connectivity index (χ1v) is 10.0. The Bertz CT molecular complexity index is 1060. The van der Waals surface area contributed by atoms with Crippen LogP contribution in [0.4, 0.5) is 17.1 Å². The minimum absolute atomic E-state index is 0.108. The van der Waals surface area contributed by atoms with E-state index in [1.807, 2.05) is 6.07 Å². The first-order valence-electron chi connectivity index (χ1n) is 9.65. The van der Waals surface area contributed by atoms with Crippen LogP contribution in [0.1, 0.15) is 23.3 Å².